The smallest absolute Gasteiger partial charge is 0.147 e. The van der Waals surface area contributed by atoms with Crippen LogP contribution in [0.1, 0.15) is 5.56 Å². The highest BCUT2D eigenvalue weighted by Crippen LogP contribution is 2.29. The molecule has 0 fully saturated rings. The molecule has 0 bridgehead atoms. The predicted octanol–water partition coefficient (Wildman–Crippen LogP) is 4.25. The third-order valence-electron chi connectivity index (χ3n) is 2.51. The van der Waals surface area contributed by atoms with E-state index in [1.165, 1.54) is 13.0 Å². The number of nitrogens with two attached hydrogens (primary N) is 1. The molecule has 18 heavy (non-hydrogen) atoms. The minimum Gasteiger partial charge on any atom is -0.399 e. The maximum Gasteiger partial charge on any atom is 0.147 e. The zero-order valence-electron chi connectivity index (χ0n) is 9.60. The fourth-order valence-electron chi connectivity index (χ4n) is 1.52. The molecule has 2 rings (SSSR count). The molecule has 0 aromatic heterocycles. The van der Waals surface area contributed by atoms with E-state index in [9.17, 15) is 8.78 Å². The molecule has 0 aliphatic heterocycles. The number of hydrogen-bond donors (Lipinski definition) is 2. The Kier molecular flexibility index (Phi) is 3.39. The molecule has 0 aliphatic carbocycles. The normalized spacial score (nSPS) is 10.4. The average Bonchev–Trinajstić information content (AvgIpc) is 2.29. The molecule has 0 atom stereocenters. The number of benzene rings is 2. The van der Waals surface area contributed by atoms with Gasteiger partial charge in [-0.05, 0) is 36.8 Å². The number of hydrogen-bond acceptors (Lipinski definition) is 2. The molecule has 2 aromatic carbocycles. The van der Waals surface area contributed by atoms with E-state index in [1.54, 1.807) is 12.1 Å². The van der Waals surface area contributed by atoms with Crippen LogP contribution >= 0.6 is 11.6 Å². The number of anilines is 3. The quantitative estimate of drug-likeness (QED) is 0.799. The molecule has 0 unspecified atom stereocenters. The van der Waals surface area contributed by atoms with Gasteiger partial charge in [-0.15, -0.1) is 0 Å². The van der Waals surface area contributed by atoms with Gasteiger partial charge in [0, 0.05) is 11.8 Å². The summed E-state index contributed by atoms with van der Waals surface area (Å²) in [7, 11) is 0. The first kappa shape index (κ1) is 12.6. The summed E-state index contributed by atoms with van der Waals surface area (Å²) in [6.45, 7) is 1.50. The Balaban J connectivity index is 2.37. The summed E-state index contributed by atoms with van der Waals surface area (Å²) in [4.78, 5) is 0. The topological polar surface area (TPSA) is 38.0 Å². The Morgan fingerprint density at radius 1 is 1.06 bits per heavy atom. The van der Waals surface area contributed by atoms with Gasteiger partial charge in [-0.3, -0.25) is 0 Å². The fraction of sp³-hybridized carbons (Fsp3) is 0.0769. The van der Waals surface area contributed by atoms with Crippen LogP contribution < -0.4 is 11.1 Å². The van der Waals surface area contributed by atoms with E-state index in [4.69, 9.17) is 17.3 Å². The van der Waals surface area contributed by atoms with Gasteiger partial charge in [-0.25, -0.2) is 8.78 Å². The average molecular weight is 269 g/mol. The van der Waals surface area contributed by atoms with E-state index < -0.39 is 11.6 Å². The third kappa shape index (κ3) is 2.54. The number of nitrogens with one attached hydrogen (secondary N) is 1. The van der Waals surface area contributed by atoms with Crippen LogP contribution in [-0.4, -0.2) is 0 Å². The molecule has 2 nitrogen and oxygen atoms in total. The summed E-state index contributed by atoms with van der Waals surface area (Å²) in [5, 5.41) is 3.08. The second-order valence-electron chi connectivity index (χ2n) is 3.95. The van der Waals surface area contributed by atoms with Gasteiger partial charge in [0.2, 0.25) is 0 Å². The van der Waals surface area contributed by atoms with Crippen LogP contribution in [0.25, 0.3) is 0 Å². The van der Waals surface area contributed by atoms with Crippen LogP contribution in [0.2, 0.25) is 5.02 Å². The zero-order chi connectivity index (χ0) is 13.3. The number of rotatable bonds is 2. The van der Waals surface area contributed by atoms with E-state index >= 15 is 0 Å². The van der Waals surface area contributed by atoms with Gasteiger partial charge in [0.25, 0.3) is 0 Å². The van der Waals surface area contributed by atoms with E-state index in [0.29, 0.717) is 16.4 Å². The Labute approximate surface area is 108 Å². The first-order chi connectivity index (χ1) is 8.47. The van der Waals surface area contributed by atoms with Gasteiger partial charge < -0.3 is 11.1 Å². The van der Waals surface area contributed by atoms with Crippen LogP contribution in [0.3, 0.4) is 0 Å². The largest absolute Gasteiger partial charge is 0.399 e. The van der Waals surface area contributed by atoms with Gasteiger partial charge >= 0.3 is 0 Å². The number of nitrogen functional groups attached to an aromatic ring is 1. The van der Waals surface area contributed by atoms with E-state index in [1.807, 2.05) is 0 Å². The molecule has 3 N–H and O–H groups in total. The monoisotopic (exact) mass is 268 g/mol. The van der Waals surface area contributed by atoms with E-state index in [0.717, 1.165) is 12.1 Å². The second kappa shape index (κ2) is 4.82. The summed E-state index contributed by atoms with van der Waals surface area (Å²) in [5.74, 6) is -1.02. The van der Waals surface area contributed by atoms with Crippen molar-refractivity contribution in [2.45, 2.75) is 6.92 Å². The van der Waals surface area contributed by atoms with Crippen molar-refractivity contribution in [1.29, 1.82) is 0 Å². The molecule has 0 aliphatic rings. The highest BCUT2D eigenvalue weighted by atomic mass is 35.5. The Bertz CT molecular complexity index is 600. The van der Waals surface area contributed by atoms with Gasteiger partial charge in [0.15, 0.2) is 0 Å². The lowest BCUT2D eigenvalue weighted by molar-refractivity contribution is 0.595. The summed E-state index contributed by atoms with van der Waals surface area (Å²) >= 11 is 5.94. The molecule has 0 heterocycles. The van der Waals surface area contributed by atoms with Crippen molar-refractivity contribution in [1.82, 2.24) is 0 Å². The predicted molar refractivity (Wildman–Crippen MR) is 70.2 cm³/mol. The highest BCUT2D eigenvalue weighted by Gasteiger charge is 2.09. The summed E-state index contributed by atoms with van der Waals surface area (Å²) in [5.41, 5.74) is 6.80. The van der Waals surface area contributed by atoms with Crippen molar-refractivity contribution in [3.63, 3.8) is 0 Å². The lowest BCUT2D eigenvalue weighted by atomic mass is 10.2. The van der Waals surface area contributed by atoms with Crippen LogP contribution in [0.4, 0.5) is 25.8 Å². The Morgan fingerprint density at radius 3 is 2.44 bits per heavy atom. The van der Waals surface area contributed by atoms with Crippen molar-refractivity contribution in [3.05, 3.63) is 52.6 Å². The lowest BCUT2D eigenvalue weighted by Gasteiger charge is -2.11. The van der Waals surface area contributed by atoms with Crippen LogP contribution in [0, 0.1) is 18.6 Å². The molecule has 0 saturated heterocycles. The van der Waals surface area contributed by atoms with Crippen molar-refractivity contribution in [2.24, 2.45) is 0 Å². The molecule has 2 aromatic rings. The molecule has 0 saturated carbocycles. The molecule has 0 amide bonds. The van der Waals surface area contributed by atoms with Gasteiger partial charge in [-0.1, -0.05) is 11.6 Å². The first-order valence-corrected chi connectivity index (χ1v) is 5.63. The highest BCUT2D eigenvalue weighted by molar-refractivity contribution is 6.33. The molecular weight excluding hydrogens is 258 g/mol. The standard InChI is InChI=1S/C13H11ClF2N2/c1-7-4-11(16)13(6-10(7)15)18-12-3-2-8(17)5-9(12)14/h2-6,18H,17H2,1H3. The van der Waals surface area contributed by atoms with Crippen LogP contribution in [0.5, 0.6) is 0 Å². The molecule has 0 spiro atoms. The minimum atomic E-state index is -0.540. The molecule has 5 heteroatoms. The Hall–Kier alpha value is -1.81. The van der Waals surface area contributed by atoms with Crippen molar-refractivity contribution in [2.75, 3.05) is 11.1 Å². The summed E-state index contributed by atoms with van der Waals surface area (Å²) in [6.07, 6.45) is 0. The van der Waals surface area contributed by atoms with Gasteiger partial charge in [0.1, 0.15) is 11.6 Å². The van der Waals surface area contributed by atoms with Crippen LogP contribution in [0.15, 0.2) is 30.3 Å². The van der Waals surface area contributed by atoms with Crippen molar-refractivity contribution >= 4 is 28.7 Å². The minimum absolute atomic E-state index is 0.0322. The Morgan fingerprint density at radius 2 is 1.78 bits per heavy atom. The van der Waals surface area contributed by atoms with Gasteiger partial charge in [0.05, 0.1) is 16.4 Å². The van der Waals surface area contributed by atoms with Crippen molar-refractivity contribution in [3.8, 4) is 0 Å². The van der Waals surface area contributed by atoms with E-state index in [2.05, 4.69) is 5.32 Å². The first-order valence-electron chi connectivity index (χ1n) is 5.25. The fourth-order valence-corrected chi connectivity index (χ4v) is 1.76. The summed E-state index contributed by atoms with van der Waals surface area (Å²) < 4.78 is 27.0. The SMILES string of the molecule is Cc1cc(F)c(Nc2ccc(N)cc2Cl)cc1F. The molecule has 94 valence electrons. The maximum absolute atomic E-state index is 13.6. The summed E-state index contributed by atoms with van der Waals surface area (Å²) in [6, 6.07) is 6.98. The number of aryl methyl sites for hydroxylation is 1. The molecule has 0 radical (unpaired) electrons. The zero-order valence-corrected chi connectivity index (χ0v) is 10.4. The van der Waals surface area contributed by atoms with Crippen molar-refractivity contribution < 1.29 is 8.78 Å². The molecular formula is C13H11ClF2N2. The maximum atomic E-state index is 13.6. The second-order valence-corrected chi connectivity index (χ2v) is 4.35. The van der Waals surface area contributed by atoms with Crippen LogP contribution in [-0.2, 0) is 0 Å². The third-order valence-corrected chi connectivity index (χ3v) is 2.82. The van der Waals surface area contributed by atoms with Gasteiger partial charge in [-0.2, -0.15) is 0 Å². The number of halogens is 3. The lowest BCUT2D eigenvalue weighted by Crippen LogP contribution is -1.97. The van der Waals surface area contributed by atoms with E-state index in [-0.39, 0.29) is 11.3 Å².